The number of hydrogen-bond donors (Lipinski definition) is 1. The number of aryl methyl sites for hydroxylation is 1. The molecule has 0 aliphatic rings. The van der Waals surface area contributed by atoms with E-state index in [0.717, 1.165) is 14.8 Å². The number of thioether (sulfide) groups is 1. The minimum Gasteiger partial charge on any atom is -0.495 e. The number of amides is 1. The minimum atomic E-state index is -4.23. The molecule has 6 nitrogen and oxygen atoms in total. The number of sulfonamides is 1. The van der Waals surface area contributed by atoms with Crippen LogP contribution >= 0.6 is 35.0 Å². The SMILES string of the molecule is COc1ccc(C)cc1S(=O)(=O)N(CC(=O)Nc1ccccc1SC)c1cc(Cl)cc(Cl)c1. The van der Waals surface area contributed by atoms with Gasteiger partial charge in [-0.1, -0.05) is 41.4 Å². The molecule has 0 aliphatic carbocycles. The van der Waals surface area contributed by atoms with Gasteiger partial charge in [0.1, 0.15) is 17.2 Å². The first-order valence-electron chi connectivity index (χ1n) is 9.72. The number of halogens is 2. The number of para-hydroxylation sites is 1. The van der Waals surface area contributed by atoms with Crippen molar-refractivity contribution in [3.8, 4) is 5.75 Å². The van der Waals surface area contributed by atoms with Gasteiger partial charge in [-0.3, -0.25) is 9.10 Å². The number of methoxy groups -OCH3 is 1. The van der Waals surface area contributed by atoms with Crippen LogP contribution < -0.4 is 14.4 Å². The molecule has 0 bridgehead atoms. The lowest BCUT2D eigenvalue weighted by molar-refractivity contribution is -0.114. The summed E-state index contributed by atoms with van der Waals surface area (Å²) in [6.07, 6.45) is 1.89. The molecule has 0 heterocycles. The van der Waals surface area contributed by atoms with Crippen LogP contribution in [0.3, 0.4) is 0 Å². The summed E-state index contributed by atoms with van der Waals surface area (Å²) in [7, 11) is -2.85. The van der Waals surface area contributed by atoms with Gasteiger partial charge in [0.25, 0.3) is 10.0 Å². The normalized spacial score (nSPS) is 11.2. The first-order valence-corrected chi connectivity index (χ1v) is 13.1. The molecule has 0 radical (unpaired) electrons. The highest BCUT2D eigenvalue weighted by Crippen LogP contribution is 2.34. The van der Waals surface area contributed by atoms with Gasteiger partial charge in [0.2, 0.25) is 5.91 Å². The van der Waals surface area contributed by atoms with E-state index in [4.69, 9.17) is 27.9 Å². The molecule has 0 unspecified atom stereocenters. The van der Waals surface area contributed by atoms with Gasteiger partial charge >= 0.3 is 0 Å². The average Bonchev–Trinajstić information content (AvgIpc) is 2.77. The molecule has 33 heavy (non-hydrogen) atoms. The quantitative estimate of drug-likeness (QED) is 0.373. The Morgan fingerprint density at radius 3 is 2.36 bits per heavy atom. The number of nitrogens with zero attached hydrogens (tertiary/aromatic N) is 1. The zero-order chi connectivity index (χ0) is 24.2. The van der Waals surface area contributed by atoms with E-state index in [2.05, 4.69) is 5.32 Å². The molecule has 174 valence electrons. The van der Waals surface area contributed by atoms with Gasteiger partial charge in [0, 0.05) is 14.9 Å². The van der Waals surface area contributed by atoms with Gasteiger partial charge in [0.05, 0.1) is 18.5 Å². The first-order chi connectivity index (χ1) is 15.6. The second-order valence-electron chi connectivity index (χ2n) is 7.04. The number of rotatable bonds is 8. The zero-order valence-corrected chi connectivity index (χ0v) is 21.3. The van der Waals surface area contributed by atoms with Crippen LogP contribution in [0.25, 0.3) is 0 Å². The molecule has 0 saturated carbocycles. The highest BCUT2D eigenvalue weighted by molar-refractivity contribution is 7.98. The average molecular weight is 525 g/mol. The van der Waals surface area contributed by atoms with Crippen molar-refractivity contribution in [3.05, 3.63) is 76.3 Å². The highest BCUT2D eigenvalue weighted by atomic mass is 35.5. The van der Waals surface area contributed by atoms with E-state index in [1.54, 1.807) is 31.2 Å². The Balaban J connectivity index is 2.07. The predicted molar refractivity (Wildman–Crippen MR) is 136 cm³/mol. The van der Waals surface area contributed by atoms with E-state index in [0.29, 0.717) is 5.69 Å². The van der Waals surface area contributed by atoms with E-state index in [-0.39, 0.29) is 26.4 Å². The molecule has 3 rings (SSSR count). The van der Waals surface area contributed by atoms with Crippen LogP contribution in [0, 0.1) is 6.92 Å². The van der Waals surface area contributed by atoms with E-state index < -0.39 is 22.5 Å². The number of nitrogens with one attached hydrogen (secondary N) is 1. The Morgan fingerprint density at radius 1 is 1.06 bits per heavy atom. The van der Waals surface area contributed by atoms with Crippen LogP contribution in [0.2, 0.25) is 10.0 Å². The summed E-state index contributed by atoms with van der Waals surface area (Å²) in [6.45, 7) is 1.27. The molecule has 1 N–H and O–H groups in total. The second kappa shape index (κ2) is 10.7. The number of carbonyl (C=O) groups excluding carboxylic acids is 1. The summed E-state index contributed by atoms with van der Waals surface area (Å²) < 4.78 is 33.8. The Bertz CT molecular complexity index is 1260. The lowest BCUT2D eigenvalue weighted by Crippen LogP contribution is -2.38. The van der Waals surface area contributed by atoms with Crippen molar-refractivity contribution >= 4 is 62.3 Å². The predicted octanol–water partition coefficient (Wildman–Crippen LogP) is 5.87. The number of benzene rings is 3. The summed E-state index contributed by atoms with van der Waals surface area (Å²) in [5.74, 6) is -0.366. The fraction of sp³-hybridized carbons (Fsp3) is 0.174. The third kappa shape index (κ3) is 5.95. The molecule has 10 heteroatoms. The highest BCUT2D eigenvalue weighted by Gasteiger charge is 2.31. The van der Waals surface area contributed by atoms with Crippen molar-refractivity contribution < 1.29 is 17.9 Å². The Kier molecular flexibility index (Phi) is 8.18. The molecular weight excluding hydrogens is 503 g/mol. The van der Waals surface area contributed by atoms with E-state index in [9.17, 15) is 13.2 Å². The van der Waals surface area contributed by atoms with Crippen LogP contribution in [0.15, 0.2) is 70.5 Å². The van der Waals surface area contributed by atoms with Gasteiger partial charge in [-0.05, 0) is 61.2 Å². The van der Waals surface area contributed by atoms with Crippen molar-refractivity contribution in [3.63, 3.8) is 0 Å². The molecule has 0 spiro atoms. The van der Waals surface area contributed by atoms with Crippen molar-refractivity contribution in [2.75, 3.05) is 29.5 Å². The van der Waals surface area contributed by atoms with Crippen LogP contribution in [0.1, 0.15) is 5.56 Å². The van der Waals surface area contributed by atoms with E-state index in [1.165, 1.54) is 43.1 Å². The molecule has 0 atom stereocenters. The summed E-state index contributed by atoms with van der Waals surface area (Å²) in [6, 6.07) is 16.4. The molecule has 0 saturated heterocycles. The summed E-state index contributed by atoms with van der Waals surface area (Å²) in [5, 5.41) is 3.27. The van der Waals surface area contributed by atoms with Crippen LogP contribution in [0.4, 0.5) is 11.4 Å². The maximum atomic E-state index is 13.8. The van der Waals surface area contributed by atoms with Gasteiger partial charge in [-0.15, -0.1) is 11.8 Å². The maximum Gasteiger partial charge on any atom is 0.268 e. The Labute approximate surface area is 207 Å². The zero-order valence-electron chi connectivity index (χ0n) is 18.1. The number of hydrogen-bond acceptors (Lipinski definition) is 5. The largest absolute Gasteiger partial charge is 0.495 e. The van der Waals surface area contributed by atoms with E-state index in [1.807, 2.05) is 18.4 Å². The van der Waals surface area contributed by atoms with Crippen LogP contribution in [-0.2, 0) is 14.8 Å². The van der Waals surface area contributed by atoms with Crippen molar-refractivity contribution in [1.82, 2.24) is 0 Å². The summed E-state index contributed by atoms with van der Waals surface area (Å²) in [4.78, 5) is 13.8. The van der Waals surface area contributed by atoms with Gasteiger partial charge in [0.15, 0.2) is 0 Å². The fourth-order valence-corrected chi connectivity index (χ4v) is 5.89. The Morgan fingerprint density at radius 2 is 1.73 bits per heavy atom. The van der Waals surface area contributed by atoms with Crippen molar-refractivity contribution in [1.29, 1.82) is 0 Å². The number of anilines is 2. The smallest absolute Gasteiger partial charge is 0.268 e. The molecular formula is C23H22Cl2N2O4S2. The third-order valence-corrected chi connectivity index (χ3v) is 7.72. The molecule has 3 aromatic rings. The molecule has 0 aromatic heterocycles. The molecule has 3 aromatic carbocycles. The molecule has 0 fully saturated rings. The molecule has 0 aliphatic heterocycles. The fourth-order valence-electron chi connectivity index (χ4n) is 3.17. The number of carbonyl (C=O) groups is 1. The van der Waals surface area contributed by atoms with Gasteiger partial charge in [-0.2, -0.15) is 0 Å². The van der Waals surface area contributed by atoms with Gasteiger partial charge in [-0.25, -0.2) is 8.42 Å². The lowest BCUT2D eigenvalue weighted by atomic mass is 10.2. The number of ether oxygens (including phenoxy) is 1. The second-order valence-corrected chi connectivity index (χ2v) is 10.6. The lowest BCUT2D eigenvalue weighted by Gasteiger charge is -2.25. The summed E-state index contributed by atoms with van der Waals surface area (Å²) in [5.41, 5.74) is 1.46. The van der Waals surface area contributed by atoms with E-state index >= 15 is 0 Å². The Hall–Kier alpha value is -2.39. The molecule has 1 amide bonds. The van der Waals surface area contributed by atoms with Gasteiger partial charge < -0.3 is 10.1 Å². The topological polar surface area (TPSA) is 75.7 Å². The summed E-state index contributed by atoms with van der Waals surface area (Å²) >= 11 is 13.8. The minimum absolute atomic E-state index is 0.0709. The first kappa shape index (κ1) is 25.2. The monoisotopic (exact) mass is 524 g/mol. The standard InChI is InChI=1S/C23H22Cl2N2O4S2/c1-15-8-9-20(31-2)22(10-15)33(29,30)27(18-12-16(24)11-17(25)13-18)14-23(28)26-19-6-4-5-7-21(19)32-3/h4-13H,14H2,1-3H3,(H,26,28). The van der Waals surface area contributed by atoms with Crippen molar-refractivity contribution in [2.45, 2.75) is 16.7 Å². The third-order valence-electron chi connectivity index (χ3n) is 4.69. The van der Waals surface area contributed by atoms with Crippen LogP contribution in [0.5, 0.6) is 5.75 Å². The van der Waals surface area contributed by atoms with Crippen molar-refractivity contribution in [2.24, 2.45) is 0 Å². The maximum absolute atomic E-state index is 13.8. The van der Waals surface area contributed by atoms with Crippen LogP contribution in [-0.4, -0.2) is 34.2 Å².